The molecule has 0 amide bonds. The van der Waals surface area contributed by atoms with Gasteiger partial charge < -0.3 is 0 Å². The van der Waals surface area contributed by atoms with Crippen molar-refractivity contribution in [2.75, 3.05) is 13.3 Å². The predicted octanol–water partition coefficient (Wildman–Crippen LogP) is 1.90. The normalized spacial score (nSPS) is 12.3. The predicted molar refractivity (Wildman–Crippen MR) is 58.3 cm³/mol. The highest BCUT2D eigenvalue weighted by Gasteiger charge is 2.11. The lowest BCUT2D eigenvalue weighted by molar-refractivity contribution is 0.472. The highest BCUT2D eigenvalue weighted by atomic mass is 79.9. The highest BCUT2D eigenvalue weighted by molar-refractivity contribution is 9.11. The molecule has 1 rings (SSSR count). The minimum Gasteiger partial charge on any atom is -0.213 e. The summed E-state index contributed by atoms with van der Waals surface area (Å²) in [6.07, 6.45) is 1.20. The lowest BCUT2D eigenvalue weighted by Gasteiger charge is -2.12. The summed E-state index contributed by atoms with van der Waals surface area (Å²) < 4.78 is 24.5. The smallest absolute Gasteiger partial charge is 0.211 e. The third-order valence-corrected chi connectivity index (χ3v) is 4.41. The Morgan fingerprint density at radius 1 is 1.62 bits per heavy atom. The zero-order valence-corrected chi connectivity index (χ0v) is 10.5. The number of hydrogen-bond acceptors (Lipinski definition) is 3. The molecule has 13 heavy (non-hydrogen) atoms. The van der Waals surface area contributed by atoms with E-state index >= 15 is 0 Å². The van der Waals surface area contributed by atoms with Gasteiger partial charge in [-0.3, -0.25) is 0 Å². The van der Waals surface area contributed by atoms with Gasteiger partial charge in [0.25, 0.3) is 0 Å². The van der Waals surface area contributed by atoms with Crippen molar-refractivity contribution in [1.29, 1.82) is 0 Å². The zero-order valence-electron chi connectivity index (χ0n) is 7.32. The summed E-state index contributed by atoms with van der Waals surface area (Å²) >= 11 is 4.88. The monoisotopic (exact) mass is 283 g/mol. The van der Waals surface area contributed by atoms with Gasteiger partial charge in [0.1, 0.15) is 0 Å². The summed E-state index contributed by atoms with van der Waals surface area (Å²) in [4.78, 5) is 0. The van der Waals surface area contributed by atoms with Crippen molar-refractivity contribution in [3.05, 3.63) is 20.8 Å². The second kappa shape index (κ2) is 4.08. The minimum absolute atomic E-state index is 0.431. The van der Waals surface area contributed by atoms with Crippen molar-refractivity contribution in [3.8, 4) is 0 Å². The van der Waals surface area contributed by atoms with Crippen molar-refractivity contribution in [2.24, 2.45) is 0 Å². The van der Waals surface area contributed by atoms with Gasteiger partial charge in [-0.2, -0.15) is 0 Å². The largest absolute Gasteiger partial charge is 0.213 e. The summed E-state index contributed by atoms with van der Waals surface area (Å²) in [5, 5.41) is 1.94. The topological polar surface area (TPSA) is 37.4 Å². The van der Waals surface area contributed by atoms with Gasteiger partial charge in [0, 0.05) is 13.6 Å². The quantitative estimate of drug-likeness (QED) is 0.850. The third kappa shape index (κ3) is 3.38. The van der Waals surface area contributed by atoms with Gasteiger partial charge in [0.05, 0.1) is 10.0 Å². The molecule has 74 valence electrons. The molecular weight excluding hydrogens is 274 g/mol. The van der Waals surface area contributed by atoms with Gasteiger partial charge in [-0.05, 0) is 32.9 Å². The van der Waals surface area contributed by atoms with Gasteiger partial charge in [0.15, 0.2) is 0 Å². The molecule has 0 fully saturated rings. The van der Waals surface area contributed by atoms with Crippen LogP contribution in [0.2, 0.25) is 0 Å². The fourth-order valence-electron chi connectivity index (χ4n) is 0.803. The van der Waals surface area contributed by atoms with E-state index in [4.69, 9.17) is 0 Å². The molecule has 0 radical (unpaired) electrons. The van der Waals surface area contributed by atoms with E-state index in [1.807, 2.05) is 11.4 Å². The molecule has 0 aliphatic carbocycles. The Labute approximate surface area is 90.6 Å². The maximum atomic E-state index is 11.1. The van der Waals surface area contributed by atoms with Crippen LogP contribution in [-0.2, 0) is 16.6 Å². The van der Waals surface area contributed by atoms with Crippen LogP contribution in [0.1, 0.15) is 5.56 Å². The van der Waals surface area contributed by atoms with Gasteiger partial charge in [0.2, 0.25) is 10.0 Å². The number of thiophene rings is 1. The molecule has 0 atom stereocenters. The van der Waals surface area contributed by atoms with Gasteiger partial charge in [-0.1, -0.05) is 0 Å². The summed E-state index contributed by atoms with van der Waals surface area (Å²) in [5.74, 6) is 0. The first-order valence-electron chi connectivity index (χ1n) is 3.54. The molecule has 6 heteroatoms. The molecule has 0 bridgehead atoms. The Morgan fingerprint density at radius 3 is 2.62 bits per heavy atom. The minimum atomic E-state index is -3.07. The fourth-order valence-corrected chi connectivity index (χ4v) is 2.39. The third-order valence-electron chi connectivity index (χ3n) is 1.59. The van der Waals surface area contributed by atoms with Crippen LogP contribution in [-0.4, -0.2) is 26.0 Å². The number of sulfonamides is 1. The van der Waals surface area contributed by atoms with E-state index in [0.717, 1.165) is 9.35 Å². The van der Waals surface area contributed by atoms with E-state index in [-0.39, 0.29) is 0 Å². The SMILES string of the molecule is CN(Cc1csc(Br)c1)S(C)(=O)=O. The van der Waals surface area contributed by atoms with Gasteiger partial charge >= 0.3 is 0 Å². The van der Waals surface area contributed by atoms with Crippen molar-refractivity contribution in [2.45, 2.75) is 6.54 Å². The second-order valence-corrected chi connectivity index (χ2v) is 7.16. The maximum absolute atomic E-state index is 11.1. The van der Waals surface area contributed by atoms with Crippen LogP contribution in [0.25, 0.3) is 0 Å². The summed E-state index contributed by atoms with van der Waals surface area (Å²) in [6.45, 7) is 0.431. The molecule has 0 aromatic carbocycles. The zero-order chi connectivity index (χ0) is 10.1. The number of hydrogen-bond donors (Lipinski definition) is 0. The average Bonchev–Trinajstić information content (AvgIpc) is 2.33. The standard InChI is InChI=1S/C7H10BrNO2S2/c1-9(13(2,10)11)4-6-3-7(8)12-5-6/h3,5H,4H2,1-2H3. The molecule has 0 unspecified atom stereocenters. The summed E-state index contributed by atoms with van der Waals surface area (Å²) in [7, 11) is -1.50. The van der Waals surface area contributed by atoms with E-state index < -0.39 is 10.0 Å². The van der Waals surface area contributed by atoms with Crippen LogP contribution >= 0.6 is 27.3 Å². The molecule has 0 saturated heterocycles. The molecule has 0 saturated carbocycles. The Balaban J connectivity index is 2.71. The van der Waals surface area contributed by atoms with E-state index in [1.54, 1.807) is 18.4 Å². The maximum Gasteiger partial charge on any atom is 0.211 e. The molecule has 0 spiro atoms. The van der Waals surface area contributed by atoms with Crippen LogP contribution in [0.5, 0.6) is 0 Å². The van der Waals surface area contributed by atoms with Crippen LogP contribution in [0, 0.1) is 0 Å². The molecule has 3 nitrogen and oxygen atoms in total. The number of nitrogens with zero attached hydrogens (tertiary/aromatic N) is 1. The Morgan fingerprint density at radius 2 is 2.23 bits per heavy atom. The fraction of sp³-hybridized carbons (Fsp3) is 0.429. The van der Waals surface area contributed by atoms with Crippen LogP contribution < -0.4 is 0 Å². The lowest BCUT2D eigenvalue weighted by Crippen LogP contribution is -2.24. The molecule has 0 aliphatic rings. The van der Waals surface area contributed by atoms with Crippen molar-refractivity contribution >= 4 is 37.3 Å². The van der Waals surface area contributed by atoms with E-state index in [2.05, 4.69) is 15.9 Å². The Bertz CT molecular complexity index is 385. The van der Waals surface area contributed by atoms with Gasteiger partial charge in [-0.25, -0.2) is 12.7 Å². The number of rotatable bonds is 3. The van der Waals surface area contributed by atoms with Crippen LogP contribution in [0.4, 0.5) is 0 Å². The second-order valence-electron chi connectivity index (χ2n) is 2.78. The van der Waals surface area contributed by atoms with Crippen molar-refractivity contribution in [3.63, 3.8) is 0 Å². The summed E-state index contributed by atoms with van der Waals surface area (Å²) in [5.41, 5.74) is 1.00. The van der Waals surface area contributed by atoms with Crippen molar-refractivity contribution < 1.29 is 8.42 Å². The highest BCUT2D eigenvalue weighted by Crippen LogP contribution is 2.21. The molecule has 0 aliphatic heterocycles. The van der Waals surface area contributed by atoms with Crippen LogP contribution in [0.3, 0.4) is 0 Å². The van der Waals surface area contributed by atoms with E-state index in [9.17, 15) is 8.42 Å². The molecule has 1 aromatic rings. The van der Waals surface area contributed by atoms with Crippen LogP contribution in [0.15, 0.2) is 15.2 Å². The molecule has 1 aromatic heterocycles. The molecule has 0 N–H and O–H groups in total. The molecule has 1 heterocycles. The number of halogens is 1. The Kier molecular flexibility index (Phi) is 3.50. The summed E-state index contributed by atoms with van der Waals surface area (Å²) in [6, 6.07) is 1.92. The first-order valence-corrected chi connectivity index (χ1v) is 7.06. The average molecular weight is 284 g/mol. The lowest BCUT2D eigenvalue weighted by atomic mass is 10.3. The van der Waals surface area contributed by atoms with E-state index in [1.165, 1.54) is 10.6 Å². The van der Waals surface area contributed by atoms with Gasteiger partial charge in [-0.15, -0.1) is 11.3 Å². The first-order chi connectivity index (χ1) is 5.89. The Hall–Kier alpha value is 0.0900. The first kappa shape index (κ1) is 11.2. The van der Waals surface area contributed by atoms with Crippen molar-refractivity contribution in [1.82, 2.24) is 4.31 Å². The van der Waals surface area contributed by atoms with E-state index in [0.29, 0.717) is 6.54 Å². The molecular formula is C7H10BrNO2S2.